The normalized spacial score (nSPS) is 15.4. The average molecular weight is 410 g/mol. The zero-order valence-electron chi connectivity index (χ0n) is 17.2. The number of carbonyl (C=O) groups is 1. The van der Waals surface area contributed by atoms with E-state index in [1.807, 2.05) is 29.1 Å². The molecule has 1 aliphatic rings. The molecular weight excluding hydrogens is 383 g/mol. The molecule has 8 heteroatoms. The molecule has 158 valence electrons. The molecule has 0 spiro atoms. The van der Waals surface area contributed by atoms with Gasteiger partial charge in [0.05, 0.1) is 11.9 Å². The van der Waals surface area contributed by atoms with E-state index in [1.165, 1.54) is 18.3 Å². The molecule has 3 heterocycles. The van der Waals surface area contributed by atoms with Crippen LogP contribution in [0, 0.1) is 5.82 Å². The molecule has 7 nitrogen and oxygen atoms in total. The van der Waals surface area contributed by atoms with Crippen molar-refractivity contribution >= 4 is 5.91 Å². The van der Waals surface area contributed by atoms with Gasteiger partial charge < -0.3 is 14.8 Å². The van der Waals surface area contributed by atoms with Crippen molar-refractivity contribution in [1.82, 2.24) is 29.5 Å². The predicted octanol–water partition coefficient (Wildman–Crippen LogP) is 2.17. The Bertz CT molecular complexity index is 975. The summed E-state index contributed by atoms with van der Waals surface area (Å²) < 4.78 is 17.1. The zero-order valence-corrected chi connectivity index (χ0v) is 17.2. The number of nitrogens with zero attached hydrogens (tertiary/aromatic N) is 5. The molecule has 1 N–H and O–H groups in total. The molecule has 1 amide bonds. The highest BCUT2D eigenvalue weighted by atomic mass is 19.1. The van der Waals surface area contributed by atoms with Crippen LogP contribution in [0.2, 0.25) is 0 Å². The van der Waals surface area contributed by atoms with Gasteiger partial charge in [-0.3, -0.25) is 9.69 Å². The summed E-state index contributed by atoms with van der Waals surface area (Å²) in [6, 6.07) is 9.93. The first-order chi connectivity index (χ1) is 14.7. The van der Waals surface area contributed by atoms with E-state index in [0.717, 1.165) is 39.3 Å². The number of benzene rings is 1. The minimum atomic E-state index is -0.351. The summed E-state index contributed by atoms with van der Waals surface area (Å²) in [6.45, 7) is 8.85. The SMILES string of the molecule is CCN1CCN(CCNC(=O)c2cnn(-c3cccc(F)c3)c2-n2cccc2)CC1. The number of piperazine rings is 1. The van der Waals surface area contributed by atoms with E-state index in [4.69, 9.17) is 0 Å². The van der Waals surface area contributed by atoms with Gasteiger partial charge in [-0.05, 0) is 36.9 Å². The number of rotatable bonds is 7. The van der Waals surface area contributed by atoms with Gasteiger partial charge in [0.15, 0.2) is 5.82 Å². The van der Waals surface area contributed by atoms with Gasteiger partial charge in [-0.15, -0.1) is 0 Å². The number of likely N-dealkylation sites (N-methyl/N-ethyl adjacent to an activating group) is 1. The first-order valence-electron chi connectivity index (χ1n) is 10.4. The van der Waals surface area contributed by atoms with Crippen molar-refractivity contribution in [3.8, 4) is 11.5 Å². The van der Waals surface area contributed by atoms with Crippen molar-refractivity contribution in [1.29, 1.82) is 0 Å². The van der Waals surface area contributed by atoms with Crippen molar-refractivity contribution in [3.63, 3.8) is 0 Å². The second-order valence-corrected chi connectivity index (χ2v) is 7.40. The number of hydrogen-bond acceptors (Lipinski definition) is 4. The monoisotopic (exact) mass is 410 g/mol. The van der Waals surface area contributed by atoms with Gasteiger partial charge in [-0.1, -0.05) is 13.0 Å². The summed E-state index contributed by atoms with van der Waals surface area (Å²) in [5.41, 5.74) is 1.01. The maximum absolute atomic E-state index is 13.7. The van der Waals surface area contributed by atoms with E-state index in [2.05, 4.69) is 27.1 Å². The Balaban J connectivity index is 1.48. The fourth-order valence-electron chi connectivity index (χ4n) is 3.78. The third-order valence-electron chi connectivity index (χ3n) is 5.52. The van der Waals surface area contributed by atoms with Crippen molar-refractivity contribution in [3.05, 3.63) is 66.4 Å². The van der Waals surface area contributed by atoms with Gasteiger partial charge in [-0.25, -0.2) is 9.07 Å². The average Bonchev–Trinajstić information content (AvgIpc) is 3.44. The van der Waals surface area contributed by atoms with Crippen molar-refractivity contribution < 1.29 is 9.18 Å². The van der Waals surface area contributed by atoms with Crippen molar-refractivity contribution in [2.45, 2.75) is 6.92 Å². The lowest BCUT2D eigenvalue weighted by Crippen LogP contribution is -2.48. The molecule has 1 saturated heterocycles. The molecule has 1 fully saturated rings. The molecule has 0 atom stereocenters. The molecule has 0 aliphatic carbocycles. The topological polar surface area (TPSA) is 58.3 Å². The molecule has 1 aliphatic heterocycles. The standard InChI is InChI=1S/C22H27FN6O/c1-2-26-12-14-27(15-13-26)11-8-24-21(30)20-17-25-29(19-7-5-6-18(23)16-19)22(20)28-9-3-4-10-28/h3-7,9-10,16-17H,2,8,11-15H2,1H3,(H,24,30). The summed E-state index contributed by atoms with van der Waals surface area (Å²) >= 11 is 0. The predicted molar refractivity (Wildman–Crippen MR) is 114 cm³/mol. The number of aromatic nitrogens is 3. The minimum absolute atomic E-state index is 0.187. The molecule has 4 rings (SSSR count). The first kappa shape index (κ1) is 20.3. The molecule has 2 aromatic heterocycles. The van der Waals surface area contributed by atoms with Crippen LogP contribution in [0.15, 0.2) is 55.0 Å². The van der Waals surface area contributed by atoms with Crippen LogP contribution in [0.3, 0.4) is 0 Å². The molecule has 0 saturated carbocycles. The van der Waals surface area contributed by atoms with E-state index in [-0.39, 0.29) is 11.7 Å². The van der Waals surface area contributed by atoms with E-state index >= 15 is 0 Å². The van der Waals surface area contributed by atoms with Crippen LogP contribution in [0.4, 0.5) is 4.39 Å². The zero-order chi connectivity index (χ0) is 20.9. The van der Waals surface area contributed by atoms with E-state index in [9.17, 15) is 9.18 Å². The Morgan fingerprint density at radius 3 is 2.53 bits per heavy atom. The summed E-state index contributed by atoms with van der Waals surface area (Å²) in [5, 5.41) is 7.39. The van der Waals surface area contributed by atoms with Crippen LogP contribution in [0.1, 0.15) is 17.3 Å². The fraction of sp³-hybridized carbons (Fsp3) is 0.364. The van der Waals surface area contributed by atoms with Gasteiger partial charge in [0.25, 0.3) is 5.91 Å². The Hall–Kier alpha value is -2.97. The van der Waals surface area contributed by atoms with Gasteiger partial charge in [-0.2, -0.15) is 5.10 Å². The van der Waals surface area contributed by atoms with Crippen LogP contribution in [0.25, 0.3) is 11.5 Å². The second-order valence-electron chi connectivity index (χ2n) is 7.40. The third-order valence-corrected chi connectivity index (χ3v) is 5.52. The van der Waals surface area contributed by atoms with Gasteiger partial charge in [0.1, 0.15) is 11.4 Å². The maximum atomic E-state index is 13.7. The van der Waals surface area contributed by atoms with Crippen molar-refractivity contribution in [2.75, 3.05) is 45.8 Å². The highest BCUT2D eigenvalue weighted by Crippen LogP contribution is 2.20. The summed E-state index contributed by atoms with van der Waals surface area (Å²) in [5.74, 6) is 0.0452. The highest BCUT2D eigenvalue weighted by Gasteiger charge is 2.21. The molecule has 0 radical (unpaired) electrons. The van der Waals surface area contributed by atoms with E-state index in [0.29, 0.717) is 23.6 Å². The summed E-state index contributed by atoms with van der Waals surface area (Å²) in [4.78, 5) is 17.7. The molecule has 3 aromatic rings. The Kier molecular flexibility index (Phi) is 6.25. The number of amides is 1. The molecular formula is C22H27FN6O. The molecule has 1 aromatic carbocycles. The van der Waals surface area contributed by atoms with Gasteiger partial charge >= 0.3 is 0 Å². The minimum Gasteiger partial charge on any atom is -0.351 e. The van der Waals surface area contributed by atoms with E-state index < -0.39 is 0 Å². The van der Waals surface area contributed by atoms with Gasteiger partial charge in [0, 0.05) is 51.7 Å². The number of hydrogen-bond donors (Lipinski definition) is 1. The van der Waals surface area contributed by atoms with Crippen LogP contribution in [0.5, 0.6) is 0 Å². The Morgan fingerprint density at radius 2 is 1.83 bits per heavy atom. The lowest BCUT2D eigenvalue weighted by Gasteiger charge is -2.33. The van der Waals surface area contributed by atoms with Crippen molar-refractivity contribution in [2.24, 2.45) is 0 Å². The lowest BCUT2D eigenvalue weighted by atomic mass is 10.2. The smallest absolute Gasteiger partial charge is 0.256 e. The Labute approximate surface area is 175 Å². The maximum Gasteiger partial charge on any atom is 0.256 e. The Morgan fingerprint density at radius 1 is 1.10 bits per heavy atom. The van der Waals surface area contributed by atoms with Crippen LogP contribution in [-0.4, -0.2) is 75.9 Å². The molecule has 0 bridgehead atoms. The molecule has 0 unspecified atom stereocenters. The van der Waals surface area contributed by atoms with E-state index in [1.54, 1.807) is 16.8 Å². The molecule has 30 heavy (non-hydrogen) atoms. The number of nitrogens with one attached hydrogen (secondary N) is 1. The number of carbonyl (C=O) groups excluding carboxylic acids is 1. The summed E-state index contributed by atoms with van der Waals surface area (Å²) in [7, 11) is 0. The summed E-state index contributed by atoms with van der Waals surface area (Å²) in [6.07, 6.45) is 5.23. The van der Waals surface area contributed by atoms with Crippen LogP contribution < -0.4 is 5.32 Å². The number of halogens is 1. The quantitative estimate of drug-likeness (QED) is 0.649. The third kappa shape index (κ3) is 4.44. The lowest BCUT2D eigenvalue weighted by molar-refractivity contribution is 0.0938. The van der Waals surface area contributed by atoms with Crippen LogP contribution in [-0.2, 0) is 0 Å². The first-order valence-corrected chi connectivity index (χ1v) is 10.4. The second kappa shape index (κ2) is 9.23. The largest absolute Gasteiger partial charge is 0.351 e. The van der Waals surface area contributed by atoms with Gasteiger partial charge in [0.2, 0.25) is 0 Å². The fourth-order valence-corrected chi connectivity index (χ4v) is 3.78. The highest BCUT2D eigenvalue weighted by molar-refractivity contribution is 5.97. The van der Waals surface area contributed by atoms with Crippen LogP contribution >= 0.6 is 0 Å².